The Hall–Kier alpha value is -4.09. The number of aromatic nitrogens is 3. The van der Waals surface area contributed by atoms with Crippen LogP contribution in [0.1, 0.15) is 31.3 Å². The summed E-state index contributed by atoms with van der Waals surface area (Å²) in [6, 6.07) is 5.00. The number of rotatable bonds is 7. The summed E-state index contributed by atoms with van der Waals surface area (Å²) in [5.41, 5.74) is 0.554. The third-order valence-corrected chi connectivity index (χ3v) is 4.42. The lowest BCUT2D eigenvalue weighted by Gasteiger charge is -2.24. The smallest absolute Gasteiger partial charge is 0.338 e. The van der Waals surface area contributed by atoms with Gasteiger partial charge in [-0.1, -0.05) is 12.1 Å². The van der Waals surface area contributed by atoms with E-state index in [-0.39, 0.29) is 41.6 Å². The van der Waals surface area contributed by atoms with E-state index in [0.29, 0.717) is 5.70 Å². The fourth-order valence-corrected chi connectivity index (χ4v) is 3.09. The number of nitro groups is 1. The number of aliphatic imine (C=N–C) groups is 1. The zero-order valence-electron chi connectivity index (χ0n) is 17.1. The van der Waals surface area contributed by atoms with Crippen molar-refractivity contribution in [3.8, 4) is 0 Å². The minimum Gasteiger partial charge on any atom is -0.466 e. The summed E-state index contributed by atoms with van der Waals surface area (Å²) in [4.78, 5) is 43.7. The van der Waals surface area contributed by atoms with Gasteiger partial charge in [0, 0.05) is 11.8 Å². The first kappa shape index (κ1) is 21.6. The molecule has 1 aliphatic rings. The van der Waals surface area contributed by atoms with Gasteiger partial charge < -0.3 is 14.8 Å². The van der Waals surface area contributed by atoms with Gasteiger partial charge in [0.1, 0.15) is 18.9 Å². The van der Waals surface area contributed by atoms with Gasteiger partial charge in [-0.25, -0.2) is 14.5 Å². The van der Waals surface area contributed by atoms with Crippen molar-refractivity contribution in [1.82, 2.24) is 20.1 Å². The molecular weight excluding hydrogens is 408 g/mol. The van der Waals surface area contributed by atoms with Crippen molar-refractivity contribution in [1.29, 1.82) is 0 Å². The Bertz CT molecular complexity index is 1090. The number of hydrogen-bond acceptors (Lipinski definition) is 10. The molecule has 1 atom stereocenters. The first-order valence-corrected chi connectivity index (χ1v) is 9.28. The molecule has 0 fully saturated rings. The zero-order valence-corrected chi connectivity index (χ0v) is 17.1. The monoisotopic (exact) mass is 428 g/mol. The molecule has 1 aromatic heterocycles. The van der Waals surface area contributed by atoms with Crippen molar-refractivity contribution < 1.29 is 24.0 Å². The Morgan fingerprint density at radius 1 is 1.32 bits per heavy atom. The Morgan fingerprint density at radius 2 is 2.06 bits per heavy atom. The van der Waals surface area contributed by atoms with Crippen LogP contribution in [0.15, 0.2) is 46.9 Å². The number of allylic oxidation sites excluding steroid dienone is 1. The first-order valence-electron chi connectivity index (χ1n) is 9.28. The van der Waals surface area contributed by atoms with Gasteiger partial charge in [0.25, 0.3) is 5.69 Å². The molecule has 0 radical (unpaired) electrons. The zero-order chi connectivity index (χ0) is 22.5. The SMILES string of the molecule is CCOC(=O)Cn1cnc(C2=NC(c3ccccc3[N+](=O)[O-])C(C(=O)OC)=C(C)N2)n1. The number of hydrogen-bond donors (Lipinski definition) is 1. The lowest BCUT2D eigenvalue weighted by atomic mass is 9.94. The standard InChI is InChI=1S/C19H20N6O6/c1-4-31-14(26)9-24-10-20-17(23-24)18-21-11(2)15(19(27)30-3)16(22-18)12-7-5-6-8-13(12)25(28)29/h5-8,10,16H,4,9H2,1-3H3,(H,21,22). The van der Waals surface area contributed by atoms with Gasteiger partial charge in [-0.15, -0.1) is 5.10 Å². The average Bonchev–Trinajstić information content (AvgIpc) is 3.21. The second kappa shape index (κ2) is 9.15. The third-order valence-electron chi connectivity index (χ3n) is 4.42. The largest absolute Gasteiger partial charge is 0.466 e. The van der Waals surface area contributed by atoms with E-state index in [1.165, 1.54) is 36.3 Å². The van der Waals surface area contributed by atoms with Gasteiger partial charge in [0.05, 0.1) is 29.8 Å². The number of methoxy groups -OCH3 is 1. The normalized spacial score (nSPS) is 15.7. The molecule has 0 spiro atoms. The van der Waals surface area contributed by atoms with Crippen LogP contribution in [0.5, 0.6) is 0 Å². The molecule has 2 heterocycles. The molecule has 162 valence electrons. The van der Waals surface area contributed by atoms with Gasteiger partial charge in [-0.05, 0) is 19.9 Å². The second-order valence-corrected chi connectivity index (χ2v) is 6.42. The first-order chi connectivity index (χ1) is 14.8. The van der Waals surface area contributed by atoms with E-state index < -0.39 is 22.9 Å². The molecule has 0 aliphatic carbocycles. The molecule has 31 heavy (non-hydrogen) atoms. The van der Waals surface area contributed by atoms with E-state index in [4.69, 9.17) is 9.47 Å². The quantitative estimate of drug-likeness (QED) is 0.391. The summed E-state index contributed by atoms with van der Waals surface area (Å²) in [7, 11) is 1.22. The number of carbonyl (C=O) groups is 2. The number of nitrogens with one attached hydrogen (secondary N) is 1. The number of ether oxygens (including phenoxy) is 2. The molecule has 1 unspecified atom stereocenters. The number of benzene rings is 1. The van der Waals surface area contributed by atoms with E-state index >= 15 is 0 Å². The average molecular weight is 428 g/mol. The van der Waals surface area contributed by atoms with Gasteiger partial charge in [-0.2, -0.15) is 0 Å². The Balaban J connectivity index is 2.03. The molecule has 0 amide bonds. The molecule has 0 saturated carbocycles. The Morgan fingerprint density at radius 3 is 2.74 bits per heavy atom. The number of esters is 2. The van der Waals surface area contributed by atoms with Crippen molar-refractivity contribution >= 4 is 23.5 Å². The number of nitrogens with zero attached hydrogens (tertiary/aromatic N) is 5. The molecule has 2 aromatic rings. The molecule has 12 nitrogen and oxygen atoms in total. The molecule has 12 heteroatoms. The van der Waals surface area contributed by atoms with E-state index in [2.05, 4.69) is 20.4 Å². The van der Waals surface area contributed by atoms with Crippen LogP contribution in [-0.4, -0.2) is 51.2 Å². The maximum Gasteiger partial charge on any atom is 0.338 e. The highest BCUT2D eigenvalue weighted by molar-refractivity contribution is 6.01. The molecule has 1 N–H and O–H groups in total. The van der Waals surface area contributed by atoms with E-state index in [9.17, 15) is 19.7 Å². The molecular formula is C19H20N6O6. The van der Waals surface area contributed by atoms with Crippen LogP contribution in [-0.2, 0) is 25.6 Å². The molecule has 3 rings (SSSR count). The number of para-hydroxylation sites is 1. The van der Waals surface area contributed by atoms with Crippen molar-refractivity contribution in [3.05, 3.63) is 63.4 Å². The van der Waals surface area contributed by atoms with Crippen molar-refractivity contribution in [2.24, 2.45) is 4.99 Å². The van der Waals surface area contributed by atoms with Crippen LogP contribution >= 0.6 is 0 Å². The minimum atomic E-state index is -1.01. The number of nitro benzene ring substituents is 1. The summed E-state index contributed by atoms with van der Waals surface area (Å²) in [5.74, 6) is -0.803. The summed E-state index contributed by atoms with van der Waals surface area (Å²) < 4.78 is 11.0. The van der Waals surface area contributed by atoms with Crippen LogP contribution in [0.2, 0.25) is 0 Å². The predicted octanol–water partition coefficient (Wildman–Crippen LogP) is 1.29. The summed E-state index contributed by atoms with van der Waals surface area (Å²) in [6.45, 7) is 3.43. The minimum absolute atomic E-state index is 0.131. The molecule has 0 bridgehead atoms. The fraction of sp³-hybridized carbons (Fsp3) is 0.316. The highest BCUT2D eigenvalue weighted by Crippen LogP contribution is 2.36. The van der Waals surface area contributed by atoms with Crippen molar-refractivity contribution in [2.75, 3.05) is 13.7 Å². The van der Waals surface area contributed by atoms with E-state index in [0.717, 1.165) is 0 Å². The lowest BCUT2D eigenvalue weighted by molar-refractivity contribution is -0.385. The topological polar surface area (TPSA) is 151 Å². The Kier molecular flexibility index (Phi) is 6.38. The maximum atomic E-state index is 12.4. The van der Waals surface area contributed by atoms with Gasteiger partial charge in [0.2, 0.25) is 5.82 Å². The van der Waals surface area contributed by atoms with Crippen molar-refractivity contribution in [3.63, 3.8) is 0 Å². The number of carbonyl (C=O) groups excluding carboxylic acids is 2. The van der Waals surface area contributed by atoms with Crippen LogP contribution in [0.4, 0.5) is 5.69 Å². The van der Waals surface area contributed by atoms with E-state index in [1.54, 1.807) is 19.9 Å². The van der Waals surface area contributed by atoms with Crippen LogP contribution in [0, 0.1) is 10.1 Å². The summed E-state index contributed by atoms with van der Waals surface area (Å²) >= 11 is 0. The maximum absolute atomic E-state index is 12.4. The lowest BCUT2D eigenvalue weighted by Crippen LogP contribution is -2.33. The van der Waals surface area contributed by atoms with Crippen LogP contribution < -0.4 is 5.32 Å². The molecule has 1 aliphatic heterocycles. The van der Waals surface area contributed by atoms with Crippen molar-refractivity contribution in [2.45, 2.75) is 26.4 Å². The van der Waals surface area contributed by atoms with Crippen LogP contribution in [0.25, 0.3) is 0 Å². The molecule has 0 saturated heterocycles. The fourth-order valence-electron chi connectivity index (χ4n) is 3.09. The highest BCUT2D eigenvalue weighted by Gasteiger charge is 2.34. The van der Waals surface area contributed by atoms with Gasteiger partial charge in [-0.3, -0.25) is 19.9 Å². The van der Waals surface area contributed by atoms with E-state index in [1.807, 2.05) is 0 Å². The summed E-state index contributed by atoms with van der Waals surface area (Å²) in [6.07, 6.45) is 1.34. The third kappa shape index (κ3) is 4.57. The molecule has 1 aromatic carbocycles. The van der Waals surface area contributed by atoms with Crippen LogP contribution in [0.3, 0.4) is 0 Å². The highest BCUT2D eigenvalue weighted by atomic mass is 16.6. The van der Waals surface area contributed by atoms with Gasteiger partial charge in [0.15, 0.2) is 5.84 Å². The number of amidine groups is 1. The summed E-state index contributed by atoms with van der Waals surface area (Å²) in [5, 5.41) is 18.7. The second-order valence-electron chi connectivity index (χ2n) is 6.42. The van der Waals surface area contributed by atoms with Gasteiger partial charge >= 0.3 is 11.9 Å². The Labute approximate surface area is 176 Å². The predicted molar refractivity (Wildman–Crippen MR) is 107 cm³/mol.